The molecule has 2 aromatic carbocycles. The summed E-state index contributed by atoms with van der Waals surface area (Å²) >= 11 is 6.73. The van der Waals surface area contributed by atoms with Crippen molar-refractivity contribution in [2.24, 2.45) is 0 Å². The smallest absolute Gasteiger partial charge is 0.269 e. The molecule has 3 rings (SSSR count). The average molecular weight is 453 g/mol. The molecule has 0 bridgehead atoms. The number of nitrogens with one attached hydrogen (secondary N) is 2. The average Bonchev–Trinajstić information content (AvgIpc) is 3.16. The summed E-state index contributed by atoms with van der Waals surface area (Å²) in [6.45, 7) is 2.01. The Balaban J connectivity index is 1.54. The third-order valence-corrected chi connectivity index (χ3v) is 6.64. The van der Waals surface area contributed by atoms with Gasteiger partial charge in [0.05, 0.1) is 5.02 Å². The Bertz CT molecular complexity index is 1100. The van der Waals surface area contributed by atoms with Crippen molar-refractivity contribution in [2.75, 3.05) is 18.5 Å². The third kappa shape index (κ3) is 5.73. The fourth-order valence-electron chi connectivity index (χ4n) is 2.20. The second kappa shape index (κ2) is 9.31. The van der Waals surface area contributed by atoms with Gasteiger partial charge < -0.3 is 4.74 Å². The zero-order valence-electron chi connectivity index (χ0n) is 15.3. The molecule has 2 N–H and O–H groups in total. The molecule has 1 heterocycles. The van der Waals surface area contributed by atoms with Crippen LogP contribution in [0, 0.1) is 6.92 Å². The van der Waals surface area contributed by atoms with E-state index < -0.39 is 15.9 Å². The van der Waals surface area contributed by atoms with Crippen LogP contribution < -0.4 is 14.8 Å². The van der Waals surface area contributed by atoms with Crippen molar-refractivity contribution >= 4 is 44.0 Å². The summed E-state index contributed by atoms with van der Waals surface area (Å²) < 4.78 is 32.2. The number of nitrogens with zero attached hydrogens (tertiary/aromatic N) is 2. The van der Waals surface area contributed by atoms with Crippen LogP contribution in [0.4, 0.5) is 5.13 Å². The molecule has 0 saturated heterocycles. The Morgan fingerprint density at radius 1 is 1.14 bits per heavy atom. The van der Waals surface area contributed by atoms with Gasteiger partial charge in [0.2, 0.25) is 9.47 Å². The van der Waals surface area contributed by atoms with Gasteiger partial charge in [-0.3, -0.25) is 10.1 Å². The molecule has 1 aromatic heterocycles. The minimum atomic E-state index is -3.88. The largest absolute Gasteiger partial charge is 0.491 e. The van der Waals surface area contributed by atoms with Gasteiger partial charge in [-0.15, -0.1) is 10.2 Å². The van der Waals surface area contributed by atoms with E-state index in [0.29, 0.717) is 16.3 Å². The van der Waals surface area contributed by atoms with Crippen molar-refractivity contribution in [3.8, 4) is 5.75 Å². The molecule has 0 aliphatic carbocycles. The molecule has 0 radical (unpaired) electrons. The van der Waals surface area contributed by atoms with Crippen LogP contribution in [0.25, 0.3) is 0 Å². The number of halogens is 1. The van der Waals surface area contributed by atoms with Gasteiger partial charge in [0.15, 0.2) is 0 Å². The molecule has 0 fully saturated rings. The summed E-state index contributed by atoms with van der Waals surface area (Å²) in [4.78, 5) is 12.2. The van der Waals surface area contributed by atoms with Gasteiger partial charge in [-0.25, -0.2) is 13.1 Å². The second-order valence-corrected chi connectivity index (χ2v) is 9.20. The molecule has 11 heteroatoms. The normalized spacial score (nSPS) is 11.2. The lowest BCUT2D eigenvalue weighted by Crippen LogP contribution is -2.28. The maximum Gasteiger partial charge on any atom is 0.269 e. The first-order valence-electron chi connectivity index (χ1n) is 8.44. The van der Waals surface area contributed by atoms with Crippen LogP contribution in [0.3, 0.4) is 0 Å². The Kier molecular flexibility index (Phi) is 6.80. The summed E-state index contributed by atoms with van der Waals surface area (Å²) in [6, 6.07) is 13.8. The molecule has 0 unspecified atom stereocenters. The van der Waals surface area contributed by atoms with E-state index in [0.717, 1.165) is 16.9 Å². The maximum atomic E-state index is 12.3. The number of aromatic nitrogens is 2. The summed E-state index contributed by atoms with van der Waals surface area (Å²) in [7, 11) is -3.88. The van der Waals surface area contributed by atoms with Gasteiger partial charge >= 0.3 is 0 Å². The molecule has 0 atom stereocenters. The number of anilines is 1. The van der Waals surface area contributed by atoms with Gasteiger partial charge in [0.25, 0.3) is 15.9 Å². The first-order valence-corrected chi connectivity index (χ1v) is 11.1. The fraction of sp³-hybridized carbons (Fsp3) is 0.167. The van der Waals surface area contributed by atoms with Crippen molar-refractivity contribution < 1.29 is 17.9 Å². The summed E-state index contributed by atoms with van der Waals surface area (Å²) in [5.41, 5.74) is 1.46. The van der Waals surface area contributed by atoms with Crippen molar-refractivity contribution in [2.45, 2.75) is 11.3 Å². The highest BCUT2D eigenvalue weighted by atomic mass is 35.5. The van der Waals surface area contributed by atoms with E-state index in [9.17, 15) is 13.2 Å². The standard InChI is InChI=1S/C18H17ClN4O4S2/c1-12-6-8-13(9-7-12)16(24)21-17-22-23-18(28-17)29(25,26)20-10-11-27-15-5-3-2-4-14(15)19/h2-9,20H,10-11H2,1H3,(H,21,22,24). The van der Waals surface area contributed by atoms with E-state index in [2.05, 4.69) is 20.2 Å². The summed E-state index contributed by atoms with van der Waals surface area (Å²) in [5.74, 6) is 0.0663. The number of para-hydroxylation sites is 1. The molecule has 0 saturated carbocycles. The Labute approximate surface area is 176 Å². The molecule has 1 amide bonds. The highest BCUT2D eigenvalue weighted by molar-refractivity contribution is 7.91. The van der Waals surface area contributed by atoms with Crippen LogP contribution in [0.1, 0.15) is 15.9 Å². The molecular weight excluding hydrogens is 436 g/mol. The van der Waals surface area contributed by atoms with Crippen LogP contribution in [-0.2, 0) is 10.0 Å². The Hall–Kier alpha value is -2.53. The number of benzene rings is 2. The third-order valence-electron chi connectivity index (χ3n) is 3.66. The number of hydrogen-bond donors (Lipinski definition) is 2. The number of hydrogen-bond acceptors (Lipinski definition) is 7. The summed E-state index contributed by atoms with van der Waals surface area (Å²) in [5, 5.41) is 10.4. The topological polar surface area (TPSA) is 110 Å². The van der Waals surface area contributed by atoms with Gasteiger partial charge in [-0.05, 0) is 31.2 Å². The number of carbonyl (C=O) groups is 1. The number of rotatable bonds is 8. The molecule has 0 spiro atoms. The van der Waals surface area contributed by atoms with Gasteiger partial charge in [0.1, 0.15) is 12.4 Å². The van der Waals surface area contributed by atoms with Crippen molar-refractivity contribution in [3.63, 3.8) is 0 Å². The van der Waals surface area contributed by atoms with Crippen LogP contribution in [0.15, 0.2) is 52.9 Å². The van der Waals surface area contributed by atoms with E-state index in [1.165, 1.54) is 0 Å². The molecular formula is C18H17ClN4O4S2. The number of sulfonamides is 1. The lowest BCUT2D eigenvalue weighted by atomic mass is 10.1. The van der Waals surface area contributed by atoms with Crippen molar-refractivity contribution in [3.05, 3.63) is 64.7 Å². The lowest BCUT2D eigenvalue weighted by Gasteiger charge is -2.08. The fourth-order valence-corrected chi connectivity index (χ4v) is 4.34. The second-order valence-electron chi connectivity index (χ2n) is 5.87. The van der Waals surface area contributed by atoms with Crippen LogP contribution in [0.2, 0.25) is 5.02 Å². The zero-order valence-corrected chi connectivity index (χ0v) is 17.6. The van der Waals surface area contributed by atoms with Crippen LogP contribution in [0.5, 0.6) is 5.75 Å². The molecule has 3 aromatic rings. The van der Waals surface area contributed by atoms with E-state index in [4.69, 9.17) is 16.3 Å². The van der Waals surface area contributed by atoms with Gasteiger partial charge in [0, 0.05) is 12.1 Å². The molecule has 0 aliphatic rings. The minimum absolute atomic E-state index is 0.0121. The number of ether oxygens (including phenoxy) is 1. The van der Waals surface area contributed by atoms with Crippen molar-refractivity contribution in [1.29, 1.82) is 0 Å². The monoisotopic (exact) mass is 452 g/mol. The maximum absolute atomic E-state index is 12.3. The van der Waals surface area contributed by atoms with E-state index in [-0.39, 0.29) is 22.6 Å². The highest BCUT2D eigenvalue weighted by Gasteiger charge is 2.21. The zero-order chi connectivity index (χ0) is 20.9. The lowest BCUT2D eigenvalue weighted by molar-refractivity contribution is 0.102. The molecule has 0 aliphatic heterocycles. The van der Waals surface area contributed by atoms with E-state index in [1.807, 2.05) is 6.92 Å². The summed E-state index contributed by atoms with van der Waals surface area (Å²) in [6.07, 6.45) is 0. The number of carbonyl (C=O) groups excluding carboxylic acids is 1. The molecule has 29 heavy (non-hydrogen) atoms. The predicted octanol–water partition coefficient (Wildman–Crippen LogP) is 3.11. The molecule has 8 nitrogen and oxygen atoms in total. The van der Waals surface area contributed by atoms with Gasteiger partial charge in [-0.1, -0.05) is 52.8 Å². The Morgan fingerprint density at radius 3 is 2.59 bits per heavy atom. The van der Waals surface area contributed by atoms with Crippen LogP contribution >= 0.6 is 22.9 Å². The number of aryl methyl sites for hydroxylation is 1. The van der Waals surface area contributed by atoms with Crippen molar-refractivity contribution in [1.82, 2.24) is 14.9 Å². The first-order chi connectivity index (χ1) is 13.8. The predicted molar refractivity (Wildman–Crippen MR) is 111 cm³/mol. The SMILES string of the molecule is Cc1ccc(C(=O)Nc2nnc(S(=O)(=O)NCCOc3ccccc3Cl)s2)cc1. The Morgan fingerprint density at radius 2 is 1.86 bits per heavy atom. The quantitative estimate of drug-likeness (QED) is 0.401. The highest BCUT2D eigenvalue weighted by Crippen LogP contribution is 2.23. The number of amides is 1. The van der Waals surface area contributed by atoms with E-state index in [1.54, 1.807) is 48.5 Å². The van der Waals surface area contributed by atoms with Gasteiger partial charge in [-0.2, -0.15) is 0 Å². The molecule has 152 valence electrons. The minimum Gasteiger partial charge on any atom is -0.491 e. The first kappa shape index (κ1) is 21.2. The van der Waals surface area contributed by atoms with Crippen LogP contribution in [-0.4, -0.2) is 37.7 Å². The van der Waals surface area contributed by atoms with E-state index >= 15 is 0 Å².